The summed E-state index contributed by atoms with van der Waals surface area (Å²) in [4.78, 5) is 0. The summed E-state index contributed by atoms with van der Waals surface area (Å²) in [5.74, 6) is 0.260. The largest absolute Gasteiger partial charge is 0.508 e. The van der Waals surface area contributed by atoms with Gasteiger partial charge in [-0.15, -0.1) is 0 Å². The van der Waals surface area contributed by atoms with Gasteiger partial charge in [0.15, 0.2) is 0 Å². The van der Waals surface area contributed by atoms with Crippen molar-refractivity contribution in [1.82, 2.24) is 0 Å². The first-order chi connectivity index (χ1) is 8.20. The third kappa shape index (κ3) is 2.45. The number of phenols is 1. The number of nitrogens with zero attached hydrogens (tertiary/aromatic N) is 1. The average molecular weight is 227 g/mol. The molecule has 0 heterocycles. The van der Waals surface area contributed by atoms with Crippen LogP contribution >= 0.6 is 0 Å². The second-order valence-electron chi connectivity index (χ2n) is 3.87. The van der Waals surface area contributed by atoms with Crippen LogP contribution in [0.2, 0.25) is 0 Å². The third-order valence-corrected chi connectivity index (χ3v) is 2.64. The first-order valence-corrected chi connectivity index (χ1v) is 5.28. The Balaban J connectivity index is 2.43. The molecule has 0 saturated heterocycles. The van der Waals surface area contributed by atoms with Gasteiger partial charge in [0.25, 0.3) is 0 Å². The molecule has 0 aromatic heterocycles. The Bertz CT molecular complexity index is 545. The highest BCUT2D eigenvalue weighted by Crippen LogP contribution is 2.25. The quantitative estimate of drug-likeness (QED) is 0.470. The van der Waals surface area contributed by atoms with Crippen molar-refractivity contribution in [3.63, 3.8) is 0 Å². The fourth-order valence-electron chi connectivity index (χ4n) is 1.80. The summed E-state index contributed by atoms with van der Waals surface area (Å²) in [6, 6.07) is 12.9. The van der Waals surface area contributed by atoms with Gasteiger partial charge in [-0.3, -0.25) is 0 Å². The number of aromatic hydroxyl groups is 1. The highest BCUT2D eigenvalue weighted by molar-refractivity contribution is 5.81. The number of hydrogen-bond acceptors (Lipinski definition) is 3. The average Bonchev–Trinajstić information content (AvgIpc) is 2.31. The number of aryl methyl sites for hydroxylation is 1. The molecule has 0 aliphatic carbocycles. The lowest BCUT2D eigenvalue weighted by molar-refractivity contribution is 0.322. The van der Waals surface area contributed by atoms with E-state index in [4.69, 9.17) is 5.21 Å². The van der Waals surface area contributed by atoms with Gasteiger partial charge in [-0.1, -0.05) is 29.4 Å². The van der Waals surface area contributed by atoms with Gasteiger partial charge in [0.05, 0.1) is 6.21 Å². The Morgan fingerprint density at radius 3 is 2.35 bits per heavy atom. The molecule has 2 rings (SSSR count). The molecule has 0 aliphatic heterocycles. The molecule has 0 saturated carbocycles. The molecule has 0 amide bonds. The Hall–Kier alpha value is -2.29. The minimum absolute atomic E-state index is 0.260. The monoisotopic (exact) mass is 227 g/mol. The summed E-state index contributed by atoms with van der Waals surface area (Å²) in [5, 5.41) is 20.7. The molecule has 0 atom stereocenters. The third-order valence-electron chi connectivity index (χ3n) is 2.64. The Morgan fingerprint density at radius 1 is 1.06 bits per heavy atom. The van der Waals surface area contributed by atoms with E-state index in [1.54, 1.807) is 12.1 Å². The van der Waals surface area contributed by atoms with Crippen LogP contribution in [-0.4, -0.2) is 16.5 Å². The van der Waals surface area contributed by atoms with Gasteiger partial charge in [0, 0.05) is 0 Å². The lowest BCUT2D eigenvalue weighted by Gasteiger charge is -2.07. The van der Waals surface area contributed by atoms with Crippen molar-refractivity contribution >= 4 is 6.21 Å². The number of oxime groups is 1. The molecule has 2 N–H and O–H groups in total. The maximum absolute atomic E-state index is 9.24. The van der Waals surface area contributed by atoms with E-state index < -0.39 is 0 Å². The Morgan fingerprint density at radius 2 is 1.76 bits per heavy atom. The summed E-state index contributed by atoms with van der Waals surface area (Å²) in [6.07, 6.45) is 1.40. The zero-order valence-corrected chi connectivity index (χ0v) is 9.46. The van der Waals surface area contributed by atoms with Crippen LogP contribution in [0.4, 0.5) is 0 Å². The van der Waals surface area contributed by atoms with Crippen molar-refractivity contribution in [3.8, 4) is 16.9 Å². The maximum Gasteiger partial charge on any atom is 0.115 e. The minimum Gasteiger partial charge on any atom is -0.508 e. The lowest BCUT2D eigenvalue weighted by atomic mass is 9.99. The van der Waals surface area contributed by atoms with E-state index in [1.165, 1.54) is 6.21 Å². The van der Waals surface area contributed by atoms with Gasteiger partial charge >= 0.3 is 0 Å². The maximum atomic E-state index is 9.24. The van der Waals surface area contributed by atoms with Crippen molar-refractivity contribution in [3.05, 3.63) is 53.6 Å². The SMILES string of the molecule is Cc1cc(C=NO)ccc1-c1ccc(O)cc1. The van der Waals surface area contributed by atoms with Crippen LogP contribution in [0.15, 0.2) is 47.6 Å². The van der Waals surface area contributed by atoms with Gasteiger partial charge in [0.2, 0.25) is 0 Å². The second kappa shape index (κ2) is 4.70. The van der Waals surface area contributed by atoms with Crippen LogP contribution in [0.3, 0.4) is 0 Å². The second-order valence-corrected chi connectivity index (χ2v) is 3.87. The van der Waals surface area contributed by atoms with Crippen molar-refractivity contribution in [2.75, 3.05) is 0 Å². The van der Waals surface area contributed by atoms with Crippen LogP contribution in [0, 0.1) is 6.92 Å². The van der Waals surface area contributed by atoms with E-state index in [2.05, 4.69) is 5.16 Å². The summed E-state index contributed by atoms with van der Waals surface area (Å²) < 4.78 is 0. The van der Waals surface area contributed by atoms with Crippen molar-refractivity contribution < 1.29 is 10.3 Å². The molecule has 0 spiro atoms. The lowest BCUT2D eigenvalue weighted by Crippen LogP contribution is -1.87. The smallest absolute Gasteiger partial charge is 0.115 e. The molecule has 0 aliphatic rings. The molecule has 0 radical (unpaired) electrons. The molecule has 3 heteroatoms. The molecule has 0 bridgehead atoms. The number of phenolic OH excluding ortho intramolecular Hbond substituents is 1. The summed E-state index contributed by atoms with van der Waals surface area (Å²) in [5.41, 5.74) is 4.09. The van der Waals surface area contributed by atoms with E-state index in [1.807, 2.05) is 37.3 Å². The first kappa shape index (κ1) is 11.2. The molecule has 2 aromatic rings. The van der Waals surface area contributed by atoms with E-state index in [-0.39, 0.29) is 5.75 Å². The van der Waals surface area contributed by atoms with Crippen LogP contribution in [0.5, 0.6) is 5.75 Å². The van der Waals surface area contributed by atoms with Crippen molar-refractivity contribution in [2.45, 2.75) is 6.92 Å². The van der Waals surface area contributed by atoms with Gasteiger partial charge in [0.1, 0.15) is 5.75 Å². The normalized spacial score (nSPS) is 10.9. The van der Waals surface area contributed by atoms with E-state index in [0.29, 0.717) is 0 Å². The fraction of sp³-hybridized carbons (Fsp3) is 0.0714. The van der Waals surface area contributed by atoms with Crippen LogP contribution in [0.25, 0.3) is 11.1 Å². The summed E-state index contributed by atoms with van der Waals surface area (Å²) in [7, 11) is 0. The highest BCUT2D eigenvalue weighted by Gasteiger charge is 2.02. The minimum atomic E-state index is 0.260. The van der Waals surface area contributed by atoms with Crippen molar-refractivity contribution in [1.29, 1.82) is 0 Å². The summed E-state index contributed by atoms with van der Waals surface area (Å²) >= 11 is 0. The van der Waals surface area contributed by atoms with E-state index >= 15 is 0 Å². The van der Waals surface area contributed by atoms with Crippen LogP contribution in [0.1, 0.15) is 11.1 Å². The topological polar surface area (TPSA) is 52.8 Å². The molecule has 0 unspecified atom stereocenters. The van der Waals surface area contributed by atoms with Crippen LogP contribution < -0.4 is 0 Å². The van der Waals surface area contributed by atoms with Gasteiger partial charge in [-0.25, -0.2) is 0 Å². The molecule has 2 aromatic carbocycles. The molecule has 3 nitrogen and oxygen atoms in total. The standard InChI is InChI=1S/C14H13NO2/c1-10-8-11(9-15-17)2-7-14(10)12-3-5-13(16)6-4-12/h2-9,16-17H,1H3. The molecular weight excluding hydrogens is 214 g/mol. The fourth-order valence-corrected chi connectivity index (χ4v) is 1.80. The molecule has 86 valence electrons. The van der Waals surface area contributed by atoms with E-state index in [9.17, 15) is 5.11 Å². The number of hydrogen-bond donors (Lipinski definition) is 2. The zero-order chi connectivity index (χ0) is 12.3. The van der Waals surface area contributed by atoms with E-state index in [0.717, 1.165) is 22.3 Å². The molecule has 17 heavy (non-hydrogen) atoms. The predicted molar refractivity (Wildman–Crippen MR) is 67.7 cm³/mol. The van der Waals surface area contributed by atoms with Gasteiger partial charge in [-0.05, 0) is 47.4 Å². The van der Waals surface area contributed by atoms with Crippen molar-refractivity contribution in [2.24, 2.45) is 5.16 Å². The molecule has 0 fully saturated rings. The number of rotatable bonds is 2. The first-order valence-electron chi connectivity index (χ1n) is 5.28. The highest BCUT2D eigenvalue weighted by atomic mass is 16.4. The molecular formula is C14H13NO2. The van der Waals surface area contributed by atoms with Gasteiger partial charge < -0.3 is 10.3 Å². The summed E-state index contributed by atoms with van der Waals surface area (Å²) in [6.45, 7) is 2.00. The van der Waals surface area contributed by atoms with Gasteiger partial charge in [-0.2, -0.15) is 0 Å². The Labute approximate surface area is 99.7 Å². The Kier molecular flexibility index (Phi) is 3.10. The predicted octanol–water partition coefficient (Wildman–Crippen LogP) is 3.18. The zero-order valence-electron chi connectivity index (χ0n) is 9.46. The van der Waals surface area contributed by atoms with Crippen LogP contribution in [-0.2, 0) is 0 Å². The number of benzene rings is 2.